The lowest BCUT2D eigenvalue weighted by atomic mass is 9.79. The first-order valence-corrected chi connectivity index (χ1v) is 23.6. The molecule has 2 aromatic heterocycles. The number of aryl methyl sites for hydroxylation is 6. The van der Waals surface area contributed by atoms with E-state index >= 15 is 0 Å². The molecule has 0 saturated carbocycles. The quantitative estimate of drug-likeness (QED) is 0.165. The number of fused-ring (bicyclic) bond motifs is 8. The van der Waals surface area contributed by atoms with Crippen LogP contribution < -0.4 is 9.80 Å². The molecule has 0 amide bonds. The minimum Gasteiger partial charge on any atom is -0.309 e. The summed E-state index contributed by atoms with van der Waals surface area (Å²) in [5, 5.41) is 7.25. The second-order valence-corrected chi connectivity index (χ2v) is 21.0. The first kappa shape index (κ1) is 38.9. The summed E-state index contributed by atoms with van der Waals surface area (Å²) in [7, 11) is 0. The molecule has 62 heavy (non-hydrogen) atoms. The summed E-state index contributed by atoms with van der Waals surface area (Å²) < 4.78 is 2.61. The van der Waals surface area contributed by atoms with E-state index in [4.69, 9.17) is 0 Å². The minimum absolute atomic E-state index is 0.202. The fourth-order valence-corrected chi connectivity index (χ4v) is 13.0. The molecule has 0 saturated heterocycles. The molecule has 4 heteroatoms. The van der Waals surface area contributed by atoms with Crippen molar-refractivity contribution in [1.82, 2.24) is 0 Å². The van der Waals surface area contributed by atoms with E-state index in [1.807, 2.05) is 22.7 Å². The lowest BCUT2D eigenvalue weighted by molar-refractivity contribution is 0.652. The number of nitrogens with zero attached hydrogens (tertiary/aromatic N) is 2. The predicted octanol–water partition coefficient (Wildman–Crippen LogP) is 17.5. The maximum Gasteiger partial charge on any atom is 0.0647 e. The highest BCUT2D eigenvalue weighted by Crippen LogP contribution is 2.59. The molecule has 0 bridgehead atoms. The highest BCUT2D eigenvalue weighted by atomic mass is 32.1. The van der Waals surface area contributed by atoms with E-state index in [9.17, 15) is 0 Å². The summed E-state index contributed by atoms with van der Waals surface area (Å²) in [6, 6.07) is 46.6. The third kappa shape index (κ3) is 5.80. The smallest absolute Gasteiger partial charge is 0.0647 e. The highest BCUT2D eigenvalue weighted by Gasteiger charge is 2.43. The topological polar surface area (TPSA) is 6.48 Å². The van der Waals surface area contributed by atoms with Crippen molar-refractivity contribution in [3.8, 4) is 22.3 Å². The van der Waals surface area contributed by atoms with Gasteiger partial charge in [-0.2, -0.15) is 0 Å². The number of rotatable bonds is 6. The summed E-state index contributed by atoms with van der Waals surface area (Å²) in [4.78, 5) is 5.01. The number of thiophene rings is 2. The summed E-state index contributed by atoms with van der Waals surface area (Å²) >= 11 is 3.65. The van der Waals surface area contributed by atoms with Crippen LogP contribution in [0.15, 0.2) is 132 Å². The zero-order chi connectivity index (χ0) is 43.0. The van der Waals surface area contributed by atoms with Crippen molar-refractivity contribution in [2.24, 2.45) is 0 Å². The summed E-state index contributed by atoms with van der Waals surface area (Å²) in [5.74, 6) is 0. The molecule has 0 unspecified atom stereocenters. The summed E-state index contributed by atoms with van der Waals surface area (Å²) in [6.07, 6.45) is 0. The van der Waals surface area contributed by atoms with Crippen LogP contribution in [0.3, 0.4) is 0 Å². The Morgan fingerprint density at radius 2 is 0.742 bits per heavy atom. The van der Waals surface area contributed by atoms with Gasteiger partial charge in [0, 0.05) is 64.5 Å². The highest BCUT2D eigenvalue weighted by molar-refractivity contribution is 7.18. The Balaban J connectivity index is 1.06. The number of hydrogen-bond acceptors (Lipinski definition) is 4. The van der Waals surface area contributed by atoms with E-state index < -0.39 is 0 Å². The van der Waals surface area contributed by atoms with Gasteiger partial charge in [0.15, 0.2) is 0 Å². The fraction of sp³-hybridized carbons (Fsp3) is 0.207. The molecular weight excluding hydrogens is 789 g/mol. The van der Waals surface area contributed by atoms with Gasteiger partial charge in [-0.3, -0.25) is 0 Å². The number of anilines is 6. The van der Waals surface area contributed by atoms with Gasteiger partial charge in [-0.05, 0) is 192 Å². The molecule has 2 aliphatic rings. The molecule has 0 fully saturated rings. The minimum atomic E-state index is -0.202. The van der Waals surface area contributed by atoms with Gasteiger partial charge in [0.05, 0.1) is 11.4 Å². The van der Waals surface area contributed by atoms with E-state index in [0.717, 1.165) is 0 Å². The van der Waals surface area contributed by atoms with Crippen LogP contribution in [-0.2, 0) is 10.8 Å². The molecule has 2 heterocycles. The Bertz CT molecular complexity index is 3070. The van der Waals surface area contributed by atoms with Crippen molar-refractivity contribution in [3.63, 3.8) is 0 Å². The van der Waals surface area contributed by atoms with Gasteiger partial charge < -0.3 is 9.80 Å². The second-order valence-electron chi connectivity index (χ2n) is 19.2. The largest absolute Gasteiger partial charge is 0.309 e. The monoisotopic (exact) mass is 840 g/mol. The van der Waals surface area contributed by atoms with Crippen LogP contribution in [0.2, 0.25) is 0 Å². The van der Waals surface area contributed by atoms with Gasteiger partial charge in [-0.25, -0.2) is 0 Å². The molecule has 0 radical (unpaired) electrons. The van der Waals surface area contributed by atoms with Gasteiger partial charge in [-0.15, -0.1) is 22.7 Å². The van der Waals surface area contributed by atoms with Crippen LogP contribution in [0.4, 0.5) is 34.1 Å². The molecule has 0 N–H and O–H groups in total. The van der Waals surface area contributed by atoms with E-state index in [1.165, 1.54) is 132 Å². The Morgan fingerprint density at radius 3 is 1.13 bits per heavy atom. The maximum absolute atomic E-state index is 2.58. The normalized spacial score (nSPS) is 14.2. The van der Waals surface area contributed by atoms with Crippen molar-refractivity contribution < 1.29 is 0 Å². The molecule has 11 rings (SSSR count). The third-order valence-corrected chi connectivity index (χ3v) is 15.8. The van der Waals surface area contributed by atoms with Crippen molar-refractivity contribution in [3.05, 3.63) is 188 Å². The molecule has 7 aromatic carbocycles. The fourth-order valence-electron chi connectivity index (χ4n) is 11.1. The second kappa shape index (κ2) is 13.8. The molecule has 0 atom stereocenters. The standard InChI is InChI=1S/C58H52N2S2/c1-33-19-34(2)22-39(21-33)59(51-31-61-53-17-13-11-15-43(51)53)41-25-37(5)55-45-29-48-46(30-47(45)57(7,8)49(55)27-41)56-38(6)26-42(28-50(56)58(48,9)10)60(40-23-35(3)20-36(4)24-40)52-32-62-54-18-14-12-16-44(52)54/h11-32H,1-10H3. The number of hydrogen-bond donors (Lipinski definition) is 0. The van der Waals surface area contributed by atoms with E-state index in [1.54, 1.807) is 0 Å². The number of benzene rings is 7. The third-order valence-electron chi connectivity index (χ3n) is 13.9. The lowest BCUT2D eigenvalue weighted by Crippen LogP contribution is -2.18. The van der Waals surface area contributed by atoms with Gasteiger partial charge in [0.1, 0.15) is 0 Å². The van der Waals surface area contributed by atoms with Crippen molar-refractivity contribution in [1.29, 1.82) is 0 Å². The first-order valence-electron chi connectivity index (χ1n) is 21.9. The average Bonchev–Trinajstić information content (AvgIpc) is 3.94. The van der Waals surface area contributed by atoms with Crippen LogP contribution in [0.25, 0.3) is 42.4 Å². The summed E-state index contributed by atoms with van der Waals surface area (Å²) in [6.45, 7) is 23.3. The molecule has 306 valence electrons. The van der Waals surface area contributed by atoms with Gasteiger partial charge in [0.25, 0.3) is 0 Å². The van der Waals surface area contributed by atoms with Gasteiger partial charge >= 0.3 is 0 Å². The molecule has 2 aliphatic carbocycles. The van der Waals surface area contributed by atoms with Crippen LogP contribution in [0.1, 0.15) is 83.3 Å². The molecule has 2 nitrogen and oxygen atoms in total. The van der Waals surface area contributed by atoms with Crippen LogP contribution in [-0.4, -0.2) is 0 Å². The summed E-state index contributed by atoms with van der Waals surface area (Å²) in [5.41, 5.74) is 25.8. The Labute approximate surface area is 374 Å². The van der Waals surface area contributed by atoms with Crippen LogP contribution >= 0.6 is 22.7 Å². The maximum atomic E-state index is 2.58. The zero-order valence-electron chi connectivity index (χ0n) is 37.4. The molecule has 0 aliphatic heterocycles. The average molecular weight is 841 g/mol. The SMILES string of the molecule is Cc1cc(C)cc(N(c2cc(C)c3c(c2)C(C)(C)c2cc4c(cc2-3)C(C)(C)c2cc(N(c3cc(C)cc(C)c3)c3csc5ccccc35)cc(C)c2-4)c2csc3ccccc23)c1. The lowest BCUT2D eigenvalue weighted by Gasteiger charge is -2.29. The van der Waals surface area contributed by atoms with E-state index in [0.29, 0.717) is 0 Å². The zero-order valence-corrected chi connectivity index (χ0v) is 39.0. The molecular formula is C58H52N2S2. The Morgan fingerprint density at radius 1 is 0.387 bits per heavy atom. The predicted molar refractivity (Wildman–Crippen MR) is 270 cm³/mol. The van der Waals surface area contributed by atoms with Crippen LogP contribution in [0, 0.1) is 41.5 Å². The van der Waals surface area contributed by atoms with Crippen molar-refractivity contribution >= 4 is 77.0 Å². The van der Waals surface area contributed by atoms with Crippen LogP contribution in [0.5, 0.6) is 0 Å². The van der Waals surface area contributed by atoms with E-state index in [-0.39, 0.29) is 10.8 Å². The first-order chi connectivity index (χ1) is 29.7. The molecule has 9 aromatic rings. The van der Waals surface area contributed by atoms with Crippen molar-refractivity contribution in [2.75, 3.05) is 9.80 Å². The van der Waals surface area contributed by atoms with Gasteiger partial charge in [-0.1, -0.05) is 76.2 Å². The Hall–Kier alpha value is -5.94. The van der Waals surface area contributed by atoms with E-state index in [2.05, 4.69) is 211 Å². The van der Waals surface area contributed by atoms with Gasteiger partial charge in [0.2, 0.25) is 0 Å². The Kier molecular flexibility index (Phi) is 8.66. The van der Waals surface area contributed by atoms with Crippen molar-refractivity contribution in [2.45, 2.75) is 80.1 Å². The molecule has 0 spiro atoms.